The molecule has 0 radical (unpaired) electrons. The summed E-state index contributed by atoms with van der Waals surface area (Å²) in [6.45, 7) is 4.48. The minimum absolute atomic E-state index is 0.0789. The highest BCUT2D eigenvalue weighted by Gasteiger charge is 2.17. The number of allylic oxidation sites excluding steroid dienone is 6. The zero-order valence-corrected chi connectivity index (χ0v) is 27.8. The predicted octanol–water partition coefficient (Wildman–Crippen LogP) is 12.2. The standard InChI is InChI=1S/C38H68O4/c1-3-5-7-9-11-13-14-15-16-17-18-19-20-21-22-23-24-26-28-30-32-34-38(41)42-36(35-37(39)40)33-31-29-27-25-12-10-8-6-4-2/h11,13,15-16,21-22,36H,3-10,12,14,17-20,23-35H2,1-2H3,(H,39,40)/b13-11-,16-15-,22-21-. The van der Waals surface area contributed by atoms with Crippen molar-refractivity contribution >= 4 is 11.9 Å². The number of hydrogen-bond acceptors (Lipinski definition) is 3. The molecule has 0 saturated heterocycles. The van der Waals surface area contributed by atoms with Gasteiger partial charge in [0.15, 0.2) is 0 Å². The van der Waals surface area contributed by atoms with Crippen LogP contribution in [0.5, 0.6) is 0 Å². The van der Waals surface area contributed by atoms with E-state index in [2.05, 4.69) is 50.3 Å². The minimum atomic E-state index is -0.887. The van der Waals surface area contributed by atoms with E-state index in [0.29, 0.717) is 12.8 Å². The number of esters is 1. The molecule has 0 spiro atoms. The zero-order chi connectivity index (χ0) is 30.8. The highest BCUT2D eigenvalue weighted by molar-refractivity contribution is 5.71. The van der Waals surface area contributed by atoms with Gasteiger partial charge in [-0.25, -0.2) is 0 Å². The fourth-order valence-corrected chi connectivity index (χ4v) is 5.17. The number of unbranched alkanes of at least 4 members (excludes halogenated alkanes) is 19. The quantitative estimate of drug-likeness (QED) is 0.0482. The molecule has 0 aliphatic rings. The van der Waals surface area contributed by atoms with Crippen LogP contribution >= 0.6 is 0 Å². The second kappa shape index (κ2) is 33.7. The van der Waals surface area contributed by atoms with Crippen molar-refractivity contribution in [1.82, 2.24) is 0 Å². The molecule has 1 unspecified atom stereocenters. The predicted molar refractivity (Wildman–Crippen MR) is 181 cm³/mol. The van der Waals surface area contributed by atoms with Crippen molar-refractivity contribution in [3.63, 3.8) is 0 Å². The Morgan fingerprint density at radius 2 is 0.952 bits per heavy atom. The van der Waals surface area contributed by atoms with E-state index in [4.69, 9.17) is 4.74 Å². The zero-order valence-electron chi connectivity index (χ0n) is 27.8. The maximum absolute atomic E-state index is 12.3. The molecule has 1 N–H and O–H groups in total. The molecule has 42 heavy (non-hydrogen) atoms. The molecule has 0 aliphatic carbocycles. The number of hydrogen-bond donors (Lipinski definition) is 1. The smallest absolute Gasteiger partial charge is 0.307 e. The van der Waals surface area contributed by atoms with E-state index in [-0.39, 0.29) is 12.4 Å². The molecule has 0 aromatic heterocycles. The van der Waals surface area contributed by atoms with Gasteiger partial charge in [0.05, 0.1) is 6.42 Å². The Hall–Kier alpha value is -1.84. The highest BCUT2D eigenvalue weighted by atomic mass is 16.5. The number of carbonyl (C=O) groups excluding carboxylic acids is 1. The third-order valence-electron chi connectivity index (χ3n) is 7.82. The lowest BCUT2D eigenvalue weighted by Crippen LogP contribution is -2.21. The molecule has 244 valence electrons. The van der Waals surface area contributed by atoms with Gasteiger partial charge in [-0.15, -0.1) is 0 Å². The summed E-state index contributed by atoms with van der Waals surface area (Å²) in [4.78, 5) is 23.5. The molecule has 0 aliphatic heterocycles. The van der Waals surface area contributed by atoms with Gasteiger partial charge in [0.25, 0.3) is 0 Å². The molecule has 4 nitrogen and oxygen atoms in total. The van der Waals surface area contributed by atoms with Crippen LogP contribution in [0.4, 0.5) is 0 Å². The van der Waals surface area contributed by atoms with E-state index in [9.17, 15) is 14.7 Å². The maximum atomic E-state index is 12.3. The van der Waals surface area contributed by atoms with E-state index < -0.39 is 12.1 Å². The molecular weight excluding hydrogens is 520 g/mol. The van der Waals surface area contributed by atoms with Crippen LogP contribution in [-0.2, 0) is 14.3 Å². The van der Waals surface area contributed by atoms with Gasteiger partial charge in [-0.2, -0.15) is 0 Å². The van der Waals surface area contributed by atoms with Crippen LogP contribution in [0.1, 0.15) is 187 Å². The fraction of sp³-hybridized carbons (Fsp3) is 0.789. The van der Waals surface area contributed by atoms with Gasteiger partial charge in [0, 0.05) is 6.42 Å². The van der Waals surface area contributed by atoms with E-state index in [0.717, 1.165) is 44.9 Å². The number of carboxylic acid groups (broad SMARTS) is 1. The SMILES string of the molecule is CCCCC/C=C\C/C=C\CCCC/C=C\CCCCCCCC(=O)OC(CCCCCCCCCCC)CC(=O)O. The Morgan fingerprint density at radius 1 is 0.548 bits per heavy atom. The summed E-state index contributed by atoms with van der Waals surface area (Å²) in [5, 5.41) is 9.20. The second-order valence-electron chi connectivity index (χ2n) is 12.1. The molecule has 0 aromatic rings. The van der Waals surface area contributed by atoms with Crippen molar-refractivity contribution in [1.29, 1.82) is 0 Å². The molecule has 0 aromatic carbocycles. The lowest BCUT2D eigenvalue weighted by molar-refractivity contribution is -0.153. The van der Waals surface area contributed by atoms with Gasteiger partial charge in [0.2, 0.25) is 0 Å². The van der Waals surface area contributed by atoms with Crippen LogP contribution in [0, 0.1) is 0 Å². The molecule has 0 saturated carbocycles. The minimum Gasteiger partial charge on any atom is -0.481 e. The van der Waals surface area contributed by atoms with Crippen molar-refractivity contribution in [3.05, 3.63) is 36.5 Å². The molecule has 0 heterocycles. The lowest BCUT2D eigenvalue weighted by Gasteiger charge is -2.16. The molecule has 0 amide bonds. The number of rotatable bonds is 32. The summed E-state index contributed by atoms with van der Waals surface area (Å²) in [6.07, 6.45) is 43.1. The normalized spacial score (nSPS) is 12.6. The molecule has 0 bridgehead atoms. The van der Waals surface area contributed by atoms with E-state index >= 15 is 0 Å². The first-order valence-electron chi connectivity index (χ1n) is 18.0. The van der Waals surface area contributed by atoms with Gasteiger partial charge in [-0.3, -0.25) is 9.59 Å². The van der Waals surface area contributed by atoms with Gasteiger partial charge in [0.1, 0.15) is 6.10 Å². The van der Waals surface area contributed by atoms with Crippen LogP contribution in [0.3, 0.4) is 0 Å². The first-order chi connectivity index (χ1) is 20.6. The summed E-state index contributed by atoms with van der Waals surface area (Å²) in [5.41, 5.74) is 0. The van der Waals surface area contributed by atoms with Crippen molar-refractivity contribution in [3.8, 4) is 0 Å². The van der Waals surface area contributed by atoms with Crippen molar-refractivity contribution in [2.45, 2.75) is 193 Å². The van der Waals surface area contributed by atoms with E-state index in [1.165, 1.54) is 109 Å². The van der Waals surface area contributed by atoms with Gasteiger partial charge in [-0.05, 0) is 77.0 Å². The van der Waals surface area contributed by atoms with Crippen molar-refractivity contribution in [2.75, 3.05) is 0 Å². The van der Waals surface area contributed by atoms with Crippen LogP contribution in [0.2, 0.25) is 0 Å². The van der Waals surface area contributed by atoms with E-state index in [1.807, 2.05) is 0 Å². The Labute approximate surface area is 260 Å². The number of carbonyl (C=O) groups is 2. The topological polar surface area (TPSA) is 63.6 Å². The Bertz CT molecular complexity index is 679. The Balaban J connectivity index is 3.65. The molecule has 0 rings (SSSR count). The largest absolute Gasteiger partial charge is 0.481 e. The average molecular weight is 589 g/mol. The average Bonchev–Trinajstić information content (AvgIpc) is 2.96. The van der Waals surface area contributed by atoms with Gasteiger partial charge >= 0.3 is 11.9 Å². The Morgan fingerprint density at radius 3 is 1.50 bits per heavy atom. The first kappa shape index (κ1) is 40.2. The van der Waals surface area contributed by atoms with E-state index in [1.54, 1.807) is 0 Å². The summed E-state index contributed by atoms with van der Waals surface area (Å²) in [7, 11) is 0. The lowest BCUT2D eigenvalue weighted by atomic mass is 10.0. The summed E-state index contributed by atoms with van der Waals surface area (Å²) < 4.78 is 5.54. The number of aliphatic carboxylic acids is 1. The van der Waals surface area contributed by atoms with Crippen LogP contribution < -0.4 is 0 Å². The Kier molecular flexibility index (Phi) is 32.2. The van der Waals surface area contributed by atoms with Crippen molar-refractivity contribution < 1.29 is 19.4 Å². The molecule has 1 atom stereocenters. The molecule has 0 fully saturated rings. The number of ether oxygens (including phenoxy) is 1. The van der Waals surface area contributed by atoms with Crippen LogP contribution in [-0.4, -0.2) is 23.1 Å². The molecule has 4 heteroatoms. The third kappa shape index (κ3) is 32.7. The van der Waals surface area contributed by atoms with Crippen LogP contribution in [0.15, 0.2) is 36.5 Å². The van der Waals surface area contributed by atoms with Gasteiger partial charge < -0.3 is 9.84 Å². The monoisotopic (exact) mass is 589 g/mol. The van der Waals surface area contributed by atoms with Gasteiger partial charge in [-0.1, -0.05) is 134 Å². The van der Waals surface area contributed by atoms with Crippen LogP contribution in [0.25, 0.3) is 0 Å². The maximum Gasteiger partial charge on any atom is 0.307 e. The fourth-order valence-electron chi connectivity index (χ4n) is 5.17. The summed E-state index contributed by atoms with van der Waals surface area (Å²) in [6, 6.07) is 0. The highest BCUT2D eigenvalue weighted by Crippen LogP contribution is 2.16. The first-order valence-corrected chi connectivity index (χ1v) is 18.0. The summed E-state index contributed by atoms with van der Waals surface area (Å²) >= 11 is 0. The van der Waals surface area contributed by atoms with Crippen molar-refractivity contribution in [2.24, 2.45) is 0 Å². The second-order valence-corrected chi connectivity index (χ2v) is 12.1. The number of carboxylic acids is 1. The molecular formula is C38H68O4. The third-order valence-corrected chi connectivity index (χ3v) is 7.82. The summed E-state index contributed by atoms with van der Waals surface area (Å²) in [5.74, 6) is -1.12.